The van der Waals surface area contributed by atoms with E-state index in [2.05, 4.69) is 55.6 Å². The van der Waals surface area contributed by atoms with Gasteiger partial charge in [-0.2, -0.15) is 0 Å². The molecule has 0 aliphatic heterocycles. The van der Waals surface area contributed by atoms with Crippen LogP contribution in [0.15, 0.2) is 48.6 Å². The SMILES string of the molecule is CC/C=C\C/C=C\C/C=C\CCCCCCCC(=O)NC(COP(=O)(O)OCC[N+](C)(C)C)C(O)/C=C/CCCCCCCC. The maximum atomic E-state index is 12.7. The first-order valence-corrected chi connectivity index (χ1v) is 19.0. The lowest BCUT2D eigenvalue weighted by Crippen LogP contribution is -2.45. The first-order chi connectivity index (χ1) is 21.5. The molecule has 0 aliphatic rings. The summed E-state index contributed by atoms with van der Waals surface area (Å²) in [4.78, 5) is 22.9. The quantitative estimate of drug-likeness (QED) is 0.0310. The Morgan fingerprint density at radius 1 is 0.778 bits per heavy atom. The van der Waals surface area contributed by atoms with Gasteiger partial charge in [0, 0.05) is 6.42 Å². The normalized spacial score (nSPS) is 15.4. The van der Waals surface area contributed by atoms with Gasteiger partial charge in [-0.25, -0.2) is 4.57 Å². The van der Waals surface area contributed by atoms with Crippen molar-refractivity contribution in [3.05, 3.63) is 48.6 Å². The van der Waals surface area contributed by atoms with E-state index in [4.69, 9.17) is 9.05 Å². The number of hydrogen-bond acceptors (Lipinski definition) is 5. The van der Waals surface area contributed by atoms with Crippen molar-refractivity contribution < 1.29 is 32.9 Å². The maximum Gasteiger partial charge on any atom is 0.472 e. The van der Waals surface area contributed by atoms with Crippen molar-refractivity contribution in [1.29, 1.82) is 0 Å². The van der Waals surface area contributed by atoms with Crippen LogP contribution in [0.3, 0.4) is 0 Å². The third-order valence-electron chi connectivity index (χ3n) is 7.30. The van der Waals surface area contributed by atoms with E-state index in [1.807, 2.05) is 27.2 Å². The Morgan fingerprint density at radius 2 is 1.33 bits per heavy atom. The fourth-order valence-electron chi connectivity index (χ4n) is 4.46. The second-order valence-electron chi connectivity index (χ2n) is 12.9. The van der Waals surface area contributed by atoms with Gasteiger partial charge in [0.05, 0.1) is 39.9 Å². The van der Waals surface area contributed by atoms with E-state index in [0.717, 1.165) is 77.0 Å². The lowest BCUT2D eigenvalue weighted by atomic mass is 10.1. The van der Waals surface area contributed by atoms with Crippen LogP contribution in [0.1, 0.15) is 123 Å². The standard InChI is InChI=1S/C36H67N2O6P/c1-6-8-10-12-14-16-17-18-19-20-21-22-24-26-28-30-36(40)37-34(33-44-45(41,42)43-32-31-38(3,4)5)35(39)29-27-25-23-15-13-11-9-7-2/h8,10,14,16,18-19,27,29,34-35,39H,6-7,9,11-13,15,17,20-26,28,30-33H2,1-5H3,(H-,37,40,41,42)/p+1/b10-8-,16-14-,19-18-,29-27+. The molecule has 0 radical (unpaired) electrons. The number of allylic oxidation sites excluding steroid dienone is 7. The zero-order chi connectivity index (χ0) is 33.7. The van der Waals surface area contributed by atoms with Gasteiger partial charge in [0.15, 0.2) is 0 Å². The van der Waals surface area contributed by atoms with Crippen LogP contribution in [0, 0.1) is 0 Å². The summed E-state index contributed by atoms with van der Waals surface area (Å²) in [5, 5.41) is 13.6. The predicted molar refractivity (Wildman–Crippen MR) is 189 cm³/mol. The predicted octanol–water partition coefficient (Wildman–Crippen LogP) is 8.57. The fourth-order valence-corrected chi connectivity index (χ4v) is 5.20. The Morgan fingerprint density at radius 3 is 1.96 bits per heavy atom. The van der Waals surface area contributed by atoms with Gasteiger partial charge in [0.2, 0.25) is 5.91 Å². The molecular weight excluding hydrogens is 587 g/mol. The number of amides is 1. The Labute approximate surface area is 276 Å². The van der Waals surface area contributed by atoms with Crippen LogP contribution in [-0.2, 0) is 18.4 Å². The minimum Gasteiger partial charge on any atom is -0.387 e. The first kappa shape index (κ1) is 43.5. The Bertz CT molecular complexity index is 881. The Balaban J connectivity index is 4.56. The number of aliphatic hydroxyl groups excluding tert-OH is 1. The van der Waals surface area contributed by atoms with Crippen molar-refractivity contribution in [3.63, 3.8) is 0 Å². The molecule has 0 aromatic heterocycles. The lowest BCUT2D eigenvalue weighted by molar-refractivity contribution is -0.870. The molecule has 0 fully saturated rings. The van der Waals surface area contributed by atoms with Crippen LogP contribution in [0.2, 0.25) is 0 Å². The molecule has 262 valence electrons. The molecule has 0 saturated carbocycles. The van der Waals surface area contributed by atoms with Crippen molar-refractivity contribution in [2.75, 3.05) is 40.9 Å². The molecule has 9 heteroatoms. The number of nitrogens with one attached hydrogen (secondary N) is 1. The van der Waals surface area contributed by atoms with E-state index >= 15 is 0 Å². The summed E-state index contributed by atoms with van der Waals surface area (Å²) in [5.41, 5.74) is 0. The van der Waals surface area contributed by atoms with Gasteiger partial charge >= 0.3 is 7.82 Å². The highest BCUT2D eigenvalue weighted by Crippen LogP contribution is 2.43. The zero-order valence-electron chi connectivity index (χ0n) is 29.3. The second-order valence-corrected chi connectivity index (χ2v) is 14.3. The minimum atomic E-state index is -4.33. The molecule has 0 aromatic carbocycles. The van der Waals surface area contributed by atoms with Crippen molar-refractivity contribution in [3.8, 4) is 0 Å². The number of unbranched alkanes of at least 4 members (excludes halogenated alkanes) is 11. The second kappa shape index (κ2) is 28.7. The van der Waals surface area contributed by atoms with Crippen molar-refractivity contribution in [1.82, 2.24) is 5.32 Å². The summed E-state index contributed by atoms with van der Waals surface area (Å²) in [5.74, 6) is -0.202. The number of carbonyl (C=O) groups is 1. The third-order valence-corrected chi connectivity index (χ3v) is 8.29. The van der Waals surface area contributed by atoms with Crippen LogP contribution in [-0.4, -0.2) is 73.4 Å². The van der Waals surface area contributed by atoms with Crippen LogP contribution in [0.4, 0.5) is 0 Å². The van der Waals surface area contributed by atoms with Gasteiger partial charge in [0.1, 0.15) is 13.2 Å². The molecule has 0 bridgehead atoms. The van der Waals surface area contributed by atoms with Gasteiger partial charge in [-0.3, -0.25) is 13.8 Å². The van der Waals surface area contributed by atoms with Gasteiger partial charge in [-0.05, 0) is 51.4 Å². The average molecular weight is 656 g/mol. The van der Waals surface area contributed by atoms with Crippen molar-refractivity contribution in [2.45, 2.75) is 135 Å². The molecule has 0 heterocycles. The summed E-state index contributed by atoms with van der Waals surface area (Å²) in [6.07, 6.45) is 33.2. The Hall–Kier alpha value is -1.54. The molecular formula is C36H68N2O6P+. The maximum absolute atomic E-state index is 12.7. The van der Waals surface area contributed by atoms with Gasteiger partial charge < -0.3 is 19.8 Å². The summed E-state index contributed by atoms with van der Waals surface area (Å²) >= 11 is 0. The smallest absolute Gasteiger partial charge is 0.387 e. The summed E-state index contributed by atoms with van der Waals surface area (Å²) in [7, 11) is 1.54. The van der Waals surface area contributed by atoms with E-state index in [-0.39, 0.29) is 19.1 Å². The molecule has 1 amide bonds. The lowest BCUT2D eigenvalue weighted by Gasteiger charge is -2.25. The number of rotatable bonds is 30. The number of phosphoric ester groups is 1. The largest absolute Gasteiger partial charge is 0.472 e. The van der Waals surface area contributed by atoms with Gasteiger partial charge in [0.25, 0.3) is 0 Å². The minimum absolute atomic E-state index is 0.0554. The fraction of sp³-hybridized carbons (Fsp3) is 0.750. The summed E-state index contributed by atoms with van der Waals surface area (Å²) in [6, 6.07) is -0.852. The molecule has 0 spiro atoms. The summed E-state index contributed by atoms with van der Waals surface area (Å²) in [6.45, 7) is 4.60. The van der Waals surface area contributed by atoms with E-state index in [1.165, 1.54) is 25.7 Å². The number of likely N-dealkylation sites (N-methyl/N-ethyl adjacent to an activating group) is 1. The summed E-state index contributed by atoms with van der Waals surface area (Å²) < 4.78 is 23.3. The van der Waals surface area contributed by atoms with Crippen LogP contribution < -0.4 is 5.32 Å². The number of aliphatic hydroxyl groups is 1. The topological polar surface area (TPSA) is 105 Å². The molecule has 3 atom stereocenters. The zero-order valence-corrected chi connectivity index (χ0v) is 30.2. The molecule has 3 unspecified atom stereocenters. The highest BCUT2D eigenvalue weighted by molar-refractivity contribution is 7.47. The number of quaternary nitrogens is 1. The molecule has 0 aliphatic carbocycles. The van der Waals surface area contributed by atoms with E-state index in [1.54, 1.807) is 6.08 Å². The average Bonchev–Trinajstić information content (AvgIpc) is 2.97. The van der Waals surface area contributed by atoms with Crippen molar-refractivity contribution >= 4 is 13.7 Å². The first-order valence-electron chi connectivity index (χ1n) is 17.5. The number of carbonyl (C=O) groups excluding carboxylic acids is 1. The molecule has 0 aromatic rings. The monoisotopic (exact) mass is 655 g/mol. The van der Waals surface area contributed by atoms with Gasteiger partial charge in [-0.1, -0.05) is 114 Å². The molecule has 0 rings (SSSR count). The number of nitrogens with zero attached hydrogens (tertiary/aromatic N) is 1. The van der Waals surface area contributed by atoms with Gasteiger partial charge in [-0.15, -0.1) is 0 Å². The van der Waals surface area contributed by atoms with Crippen molar-refractivity contribution in [2.24, 2.45) is 0 Å². The van der Waals surface area contributed by atoms with Crippen LogP contribution >= 0.6 is 7.82 Å². The van der Waals surface area contributed by atoms with Crippen LogP contribution in [0.5, 0.6) is 0 Å². The van der Waals surface area contributed by atoms with E-state index < -0.39 is 20.0 Å². The third kappa shape index (κ3) is 30.9. The highest BCUT2D eigenvalue weighted by Gasteiger charge is 2.27. The molecule has 8 nitrogen and oxygen atoms in total. The molecule has 3 N–H and O–H groups in total. The van der Waals surface area contributed by atoms with Crippen LogP contribution in [0.25, 0.3) is 0 Å². The molecule has 45 heavy (non-hydrogen) atoms. The number of hydrogen-bond donors (Lipinski definition) is 3. The number of phosphoric acid groups is 1. The van der Waals surface area contributed by atoms with E-state index in [9.17, 15) is 19.4 Å². The molecule has 0 saturated heterocycles. The van der Waals surface area contributed by atoms with E-state index in [0.29, 0.717) is 17.4 Å². The Kier molecular flexibility index (Phi) is 27.7. The highest BCUT2D eigenvalue weighted by atomic mass is 31.2.